The Morgan fingerprint density at radius 2 is 1.61 bits per heavy atom. The second kappa shape index (κ2) is 14.8. The Balaban J connectivity index is 1.09. The molecule has 5 unspecified atom stereocenters. The molecule has 6 heteroatoms. The summed E-state index contributed by atoms with van der Waals surface area (Å²) in [7, 11) is 0. The monoisotopic (exact) mass is 767 g/mol. The number of benzene rings is 2. The molecule has 0 radical (unpaired) electrons. The zero-order chi connectivity index (χ0) is 37.9. The van der Waals surface area contributed by atoms with E-state index in [-0.39, 0.29) is 6.17 Å². The van der Waals surface area contributed by atoms with E-state index in [4.69, 9.17) is 9.98 Å². The van der Waals surface area contributed by atoms with Crippen LogP contribution in [-0.4, -0.2) is 28.4 Å². The molecule has 7 aliphatic rings. The minimum Gasteiger partial charge on any atom is -0.376 e. The number of aryl methyl sites for hydroxylation is 1. The number of thiophene rings is 1. The minimum atomic E-state index is -0.0159. The zero-order valence-electron chi connectivity index (χ0n) is 33.1. The lowest BCUT2D eigenvalue weighted by atomic mass is 9.72. The van der Waals surface area contributed by atoms with Gasteiger partial charge < -0.3 is 15.2 Å². The van der Waals surface area contributed by atoms with Crippen molar-refractivity contribution in [3.05, 3.63) is 147 Å². The Morgan fingerprint density at radius 3 is 2.44 bits per heavy atom. The summed E-state index contributed by atoms with van der Waals surface area (Å²) in [6.45, 7) is 2.49. The lowest BCUT2D eigenvalue weighted by Crippen LogP contribution is -2.46. The fourth-order valence-corrected chi connectivity index (χ4v) is 12.6. The highest BCUT2D eigenvalue weighted by Gasteiger charge is 2.41. The number of fused-ring (bicyclic) bond motifs is 7. The van der Waals surface area contributed by atoms with Gasteiger partial charge in [0.05, 0.1) is 21.8 Å². The Bertz CT molecular complexity index is 2500. The van der Waals surface area contributed by atoms with Crippen LogP contribution in [0.5, 0.6) is 0 Å². The molecule has 2 aromatic carbocycles. The molecule has 0 saturated carbocycles. The molecule has 0 amide bonds. The standard InChI is InChI=1S/C51H53N5S/c1-32-26-27-38(44-41-29-28-40-37-24-14-15-25-43(37)56(36-22-12-5-13-23-36)46(40)48(41)57-47(32)44)39-30-31-42(33-16-6-2-7-17-33)52-45(39)51-54-49(34-18-8-3-9-19-34)53-50(55-51)35-20-10-4-11-21-35/h2-3,5-6,8,10,12-16,18,20,22-25,32,35,38,42,50,52H,4,7,9,11,17,19,21,26-31H2,1H3,(H,53,54,55). The maximum Gasteiger partial charge on any atom is 0.175 e. The van der Waals surface area contributed by atoms with Gasteiger partial charge in [-0.25, -0.2) is 9.98 Å². The van der Waals surface area contributed by atoms with E-state index in [0.717, 1.165) is 69.5 Å². The van der Waals surface area contributed by atoms with E-state index in [9.17, 15) is 0 Å². The Kier molecular flexibility index (Phi) is 9.13. The van der Waals surface area contributed by atoms with Gasteiger partial charge in [0.25, 0.3) is 0 Å². The molecule has 5 aliphatic carbocycles. The van der Waals surface area contributed by atoms with Crippen LogP contribution in [-0.2, 0) is 12.8 Å². The Hall–Kier alpha value is -4.94. The highest BCUT2D eigenvalue weighted by atomic mass is 32.1. The quantitative estimate of drug-likeness (QED) is 0.192. The number of hydrogen-bond donors (Lipinski definition) is 2. The van der Waals surface area contributed by atoms with Gasteiger partial charge in [0.15, 0.2) is 5.84 Å². The molecule has 2 aliphatic heterocycles. The number of rotatable bonds is 6. The van der Waals surface area contributed by atoms with Crippen LogP contribution in [0.1, 0.15) is 111 Å². The van der Waals surface area contributed by atoms with E-state index >= 15 is 0 Å². The average molecular weight is 768 g/mol. The fourth-order valence-electron chi connectivity index (χ4n) is 11.0. The van der Waals surface area contributed by atoms with Gasteiger partial charge >= 0.3 is 0 Å². The smallest absolute Gasteiger partial charge is 0.175 e. The molecule has 0 spiro atoms. The molecule has 4 heterocycles. The van der Waals surface area contributed by atoms with Gasteiger partial charge in [-0.15, -0.1) is 11.3 Å². The molecule has 11 rings (SSSR count). The van der Waals surface area contributed by atoms with Crippen LogP contribution in [0.4, 0.5) is 0 Å². The number of amidine groups is 2. The molecule has 4 aromatic rings. The van der Waals surface area contributed by atoms with E-state index < -0.39 is 0 Å². The van der Waals surface area contributed by atoms with E-state index in [2.05, 4.69) is 137 Å². The summed E-state index contributed by atoms with van der Waals surface area (Å²) in [5, 5.41) is 9.49. The van der Waals surface area contributed by atoms with Gasteiger partial charge in [-0.1, -0.05) is 91.9 Å². The predicted molar refractivity (Wildman–Crippen MR) is 239 cm³/mol. The molecular weight excluding hydrogens is 715 g/mol. The first-order chi connectivity index (χ1) is 28.2. The Labute approximate surface area is 341 Å². The number of aliphatic imine (C=N–C) groups is 2. The first-order valence-corrected chi connectivity index (χ1v) is 22.7. The van der Waals surface area contributed by atoms with Crippen molar-refractivity contribution in [3.63, 3.8) is 0 Å². The molecule has 2 aromatic heterocycles. The second-order valence-corrected chi connectivity index (χ2v) is 18.3. The highest BCUT2D eigenvalue weighted by Crippen LogP contribution is 2.56. The van der Waals surface area contributed by atoms with Crippen LogP contribution in [0.25, 0.3) is 27.2 Å². The number of nitrogens with one attached hydrogen (secondary N) is 2. The van der Waals surface area contributed by atoms with Crippen molar-refractivity contribution in [1.29, 1.82) is 0 Å². The summed E-state index contributed by atoms with van der Waals surface area (Å²) in [4.78, 5) is 14.2. The van der Waals surface area contributed by atoms with Gasteiger partial charge in [0.1, 0.15) is 12.0 Å². The lowest BCUT2D eigenvalue weighted by Gasteiger charge is -2.38. The predicted octanol–water partition coefficient (Wildman–Crippen LogP) is 12.1. The van der Waals surface area contributed by atoms with Crippen molar-refractivity contribution in [2.75, 3.05) is 0 Å². The Morgan fingerprint density at radius 1 is 0.772 bits per heavy atom. The van der Waals surface area contributed by atoms with Gasteiger partial charge in [-0.2, -0.15) is 0 Å². The SMILES string of the molecule is CC1CCC(C2=C(C3=NC(C4C=CCCC4)NC(C4=CC=CCC4)=N3)NC(C3=CC=CCC3)CC2)c2c1sc1c2CCc2c-1n(-c1ccccc1)c1ccccc21. The fraction of sp³-hybridized carbons (Fsp3) is 0.373. The van der Waals surface area contributed by atoms with Crippen molar-refractivity contribution >= 4 is 33.9 Å². The summed E-state index contributed by atoms with van der Waals surface area (Å²) in [6, 6.07) is 20.5. The average Bonchev–Trinajstić information content (AvgIpc) is 3.85. The zero-order valence-corrected chi connectivity index (χ0v) is 34.0. The molecule has 0 bridgehead atoms. The molecule has 0 fully saturated rings. The van der Waals surface area contributed by atoms with Crippen molar-refractivity contribution in [2.45, 2.75) is 114 Å². The molecule has 2 N–H and O–H groups in total. The first-order valence-electron chi connectivity index (χ1n) is 21.8. The highest BCUT2D eigenvalue weighted by molar-refractivity contribution is 7.16. The van der Waals surface area contributed by atoms with Gasteiger partial charge in [-0.3, -0.25) is 0 Å². The number of para-hydroxylation sites is 2. The van der Waals surface area contributed by atoms with Crippen molar-refractivity contribution in [2.24, 2.45) is 15.9 Å². The van der Waals surface area contributed by atoms with E-state index in [1.165, 1.54) is 75.3 Å². The molecule has 57 heavy (non-hydrogen) atoms. The number of hydrogen-bond acceptors (Lipinski definition) is 5. The third-order valence-corrected chi connectivity index (χ3v) is 15.3. The third-order valence-electron chi connectivity index (χ3n) is 13.9. The summed E-state index contributed by atoms with van der Waals surface area (Å²) in [6.07, 6.45) is 33.1. The van der Waals surface area contributed by atoms with Crippen LogP contribution in [0.15, 0.2) is 136 Å². The number of aromatic nitrogens is 1. The molecule has 0 saturated heterocycles. The third kappa shape index (κ3) is 6.18. The van der Waals surface area contributed by atoms with Crippen molar-refractivity contribution in [1.82, 2.24) is 15.2 Å². The summed E-state index contributed by atoms with van der Waals surface area (Å²) < 4.78 is 2.57. The molecular formula is C51H53N5S. The lowest BCUT2D eigenvalue weighted by molar-refractivity contribution is 0.422. The maximum atomic E-state index is 5.61. The molecule has 5 atom stereocenters. The minimum absolute atomic E-state index is 0.0159. The van der Waals surface area contributed by atoms with Gasteiger partial charge in [-0.05, 0) is 141 Å². The largest absolute Gasteiger partial charge is 0.376 e. The van der Waals surface area contributed by atoms with E-state index in [1.54, 1.807) is 21.6 Å². The molecule has 5 nitrogen and oxygen atoms in total. The normalized spacial score (nSPS) is 26.7. The van der Waals surface area contributed by atoms with E-state index in [0.29, 0.717) is 23.8 Å². The number of allylic oxidation sites excluding steroid dienone is 8. The first kappa shape index (κ1) is 35.2. The second-order valence-electron chi connectivity index (χ2n) is 17.3. The summed E-state index contributed by atoms with van der Waals surface area (Å²) in [5.74, 6) is 3.22. The number of nitrogens with zero attached hydrogens (tertiary/aromatic N) is 3. The van der Waals surface area contributed by atoms with Crippen LogP contribution in [0.2, 0.25) is 0 Å². The van der Waals surface area contributed by atoms with Gasteiger partial charge in [0, 0.05) is 33.8 Å². The van der Waals surface area contributed by atoms with Crippen molar-refractivity contribution < 1.29 is 0 Å². The van der Waals surface area contributed by atoms with Crippen LogP contribution in [0.3, 0.4) is 0 Å². The van der Waals surface area contributed by atoms with Crippen LogP contribution in [0, 0.1) is 5.92 Å². The van der Waals surface area contributed by atoms with Crippen molar-refractivity contribution in [3.8, 4) is 16.3 Å². The summed E-state index contributed by atoms with van der Waals surface area (Å²) >= 11 is 2.11. The van der Waals surface area contributed by atoms with Gasteiger partial charge in [0.2, 0.25) is 0 Å². The topological polar surface area (TPSA) is 53.7 Å². The van der Waals surface area contributed by atoms with E-state index in [1.807, 2.05) is 0 Å². The maximum absolute atomic E-state index is 5.61. The molecule has 288 valence electrons. The van der Waals surface area contributed by atoms with Crippen LogP contribution < -0.4 is 10.6 Å². The summed E-state index contributed by atoms with van der Waals surface area (Å²) in [5.41, 5.74) is 14.3. The van der Waals surface area contributed by atoms with Crippen LogP contribution >= 0.6 is 11.3 Å².